The van der Waals surface area contributed by atoms with E-state index in [0.29, 0.717) is 5.82 Å². The number of thioether (sulfide) groups is 1. The molecule has 2 unspecified atom stereocenters. The Morgan fingerprint density at radius 1 is 0.833 bits per heavy atom. The topological polar surface area (TPSA) is 56.0 Å². The fourth-order valence-electron chi connectivity index (χ4n) is 3.84. The number of hydrogen-bond donors (Lipinski definition) is 0. The van der Waals surface area contributed by atoms with Gasteiger partial charge in [-0.15, -0.1) is 0 Å². The molecule has 2 aromatic rings. The van der Waals surface area contributed by atoms with Crippen LogP contribution in [0.4, 0.5) is 0 Å². The SMILES string of the molecule is C[Si](C)(C)n1cnc2ncnc-2c1C1=NC(c2ccccc2)C(c2ccccc2)S1. The molecule has 0 saturated carbocycles. The lowest BCUT2D eigenvalue weighted by Crippen LogP contribution is -2.36. The minimum Gasteiger partial charge on any atom is -0.357 e. The van der Waals surface area contributed by atoms with E-state index in [9.17, 15) is 0 Å². The van der Waals surface area contributed by atoms with Gasteiger partial charge in [0.25, 0.3) is 0 Å². The number of benzene rings is 2. The second-order valence-corrected chi connectivity index (χ2v) is 14.4. The molecule has 7 heteroatoms. The van der Waals surface area contributed by atoms with Gasteiger partial charge < -0.3 is 4.23 Å². The van der Waals surface area contributed by atoms with Gasteiger partial charge in [0.2, 0.25) is 0 Å². The summed E-state index contributed by atoms with van der Waals surface area (Å²) in [6.45, 7) is 6.93. The molecular weight excluding hydrogens is 406 g/mol. The summed E-state index contributed by atoms with van der Waals surface area (Å²) in [5.74, 6) is 0.683. The van der Waals surface area contributed by atoms with E-state index in [1.165, 1.54) is 11.1 Å². The van der Waals surface area contributed by atoms with Crippen LogP contribution in [-0.4, -0.2) is 32.5 Å². The molecule has 2 atom stereocenters. The van der Waals surface area contributed by atoms with Gasteiger partial charge in [-0.1, -0.05) is 92.1 Å². The number of aromatic nitrogens is 4. The molecule has 0 bridgehead atoms. The highest BCUT2D eigenvalue weighted by atomic mass is 32.2. The number of imidazole rings is 1. The van der Waals surface area contributed by atoms with Crippen LogP contribution in [0.3, 0.4) is 0 Å². The summed E-state index contributed by atoms with van der Waals surface area (Å²) in [6, 6.07) is 21.3. The fourth-order valence-corrected chi connectivity index (χ4v) is 6.57. The van der Waals surface area contributed by atoms with Crippen molar-refractivity contribution in [3.63, 3.8) is 0 Å². The summed E-state index contributed by atoms with van der Waals surface area (Å²) in [5.41, 5.74) is 4.41. The monoisotopic (exact) mass is 429 g/mol. The Labute approximate surface area is 181 Å². The molecule has 0 fully saturated rings. The van der Waals surface area contributed by atoms with Crippen molar-refractivity contribution in [2.75, 3.05) is 0 Å². The molecule has 3 aliphatic heterocycles. The zero-order valence-electron chi connectivity index (χ0n) is 17.2. The van der Waals surface area contributed by atoms with Crippen LogP contribution in [0.25, 0.3) is 11.5 Å². The molecule has 5 nitrogen and oxygen atoms in total. The van der Waals surface area contributed by atoms with Crippen molar-refractivity contribution in [3.05, 3.63) is 90.1 Å². The van der Waals surface area contributed by atoms with E-state index in [4.69, 9.17) is 4.99 Å². The summed E-state index contributed by atoms with van der Waals surface area (Å²) in [6.07, 6.45) is 3.52. The van der Waals surface area contributed by atoms with Crippen molar-refractivity contribution < 1.29 is 0 Å². The van der Waals surface area contributed by atoms with Gasteiger partial charge in [-0.05, 0) is 11.1 Å². The molecule has 0 spiro atoms. The predicted molar refractivity (Wildman–Crippen MR) is 126 cm³/mol. The standard InChI is InChI=1S/C23H23N5SSi/c1-30(2,3)28-15-26-22-19(24-14-25-22)20(28)23-27-18(16-10-6-4-7-11-16)21(29-23)17-12-8-5-9-13-17/h4-15,18,21H,1-3H3. The maximum atomic E-state index is 5.28. The van der Waals surface area contributed by atoms with Crippen LogP contribution in [0.15, 0.2) is 78.3 Å². The maximum absolute atomic E-state index is 5.28. The van der Waals surface area contributed by atoms with E-state index in [0.717, 1.165) is 16.4 Å². The highest BCUT2D eigenvalue weighted by Gasteiger charge is 2.37. The average Bonchev–Trinajstić information content (AvgIpc) is 3.41. The molecule has 30 heavy (non-hydrogen) atoms. The molecule has 150 valence electrons. The van der Waals surface area contributed by atoms with Gasteiger partial charge in [0.15, 0.2) is 14.1 Å². The van der Waals surface area contributed by atoms with Crippen LogP contribution in [0.1, 0.15) is 28.1 Å². The molecule has 3 aliphatic rings. The third kappa shape index (κ3) is 3.38. The molecule has 0 N–H and O–H groups in total. The lowest BCUT2D eigenvalue weighted by molar-refractivity contribution is 0.724. The first-order valence-electron chi connectivity index (χ1n) is 10.1. The van der Waals surface area contributed by atoms with Crippen LogP contribution in [0.2, 0.25) is 19.6 Å². The maximum Gasteiger partial charge on any atom is 0.183 e. The second kappa shape index (κ2) is 7.48. The molecule has 0 amide bonds. The molecule has 0 saturated heterocycles. The van der Waals surface area contributed by atoms with E-state index in [-0.39, 0.29) is 11.3 Å². The van der Waals surface area contributed by atoms with E-state index < -0.39 is 8.24 Å². The van der Waals surface area contributed by atoms with Crippen molar-refractivity contribution in [2.24, 2.45) is 4.99 Å². The van der Waals surface area contributed by atoms with Gasteiger partial charge in [0, 0.05) is 0 Å². The highest BCUT2D eigenvalue weighted by molar-refractivity contribution is 8.14. The fraction of sp³-hybridized carbons (Fsp3) is 0.217. The van der Waals surface area contributed by atoms with Crippen LogP contribution >= 0.6 is 11.8 Å². The van der Waals surface area contributed by atoms with Gasteiger partial charge in [-0.25, -0.2) is 15.0 Å². The molecule has 3 heterocycles. The summed E-state index contributed by atoms with van der Waals surface area (Å²) >= 11 is 1.82. The number of rotatable bonds is 4. The quantitative estimate of drug-likeness (QED) is 0.406. The number of aliphatic imine (C=N–C) groups is 1. The van der Waals surface area contributed by atoms with E-state index in [1.807, 2.05) is 18.1 Å². The minimum atomic E-state index is -1.75. The summed E-state index contributed by atoms with van der Waals surface area (Å²) in [5, 5.41) is 1.23. The molecule has 0 aromatic heterocycles. The predicted octanol–water partition coefficient (Wildman–Crippen LogP) is 5.44. The molecule has 2 aromatic carbocycles. The number of nitrogens with zero attached hydrogens (tertiary/aromatic N) is 5. The lowest BCUT2D eigenvalue weighted by Gasteiger charge is -2.25. The van der Waals surface area contributed by atoms with E-state index in [1.54, 1.807) is 6.33 Å². The minimum absolute atomic E-state index is 0.0508. The smallest absolute Gasteiger partial charge is 0.183 e. The third-order valence-corrected chi connectivity index (χ3v) is 8.41. The van der Waals surface area contributed by atoms with Crippen molar-refractivity contribution >= 4 is 25.0 Å². The van der Waals surface area contributed by atoms with Crippen molar-refractivity contribution in [1.82, 2.24) is 19.2 Å². The Balaban J connectivity index is 1.68. The van der Waals surface area contributed by atoms with Crippen LogP contribution in [0.5, 0.6) is 0 Å². The second-order valence-electron chi connectivity index (χ2n) is 8.42. The largest absolute Gasteiger partial charge is 0.357 e. The Bertz CT molecular complexity index is 1170. The number of fused-ring (bicyclic) bond motifs is 1. The van der Waals surface area contributed by atoms with Crippen LogP contribution in [-0.2, 0) is 0 Å². The molecule has 0 aliphatic carbocycles. The summed E-state index contributed by atoms with van der Waals surface area (Å²) in [4.78, 5) is 18.7. The summed E-state index contributed by atoms with van der Waals surface area (Å²) in [7, 11) is -1.75. The van der Waals surface area contributed by atoms with E-state index in [2.05, 4.69) is 99.5 Å². The first-order valence-corrected chi connectivity index (χ1v) is 14.4. The van der Waals surface area contributed by atoms with Gasteiger partial charge in [0.05, 0.1) is 23.3 Å². The van der Waals surface area contributed by atoms with Gasteiger partial charge in [-0.3, -0.25) is 4.99 Å². The summed E-state index contributed by atoms with van der Waals surface area (Å²) < 4.78 is 2.31. The molecule has 5 rings (SSSR count). The average molecular weight is 430 g/mol. The Morgan fingerprint density at radius 3 is 2.17 bits per heavy atom. The normalized spacial score (nSPS) is 19.2. The Morgan fingerprint density at radius 2 is 1.50 bits per heavy atom. The van der Waals surface area contributed by atoms with E-state index >= 15 is 0 Å². The first-order chi connectivity index (χ1) is 14.5. The van der Waals surface area contributed by atoms with Crippen LogP contribution in [0, 0.1) is 0 Å². The lowest BCUT2D eigenvalue weighted by atomic mass is 9.99. The Hall–Kier alpha value is -2.77. The zero-order valence-corrected chi connectivity index (χ0v) is 19.0. The van der Waals surface area contributed by atoms with Crippen molar-refractivity contribution in [3.8, 4) is 11.5 Å². The Kier molecular flexibility index (Phi) is 4.79. The molecular formula is C23H23N5SSi. The van der Waals surface area contributed by atoms with Crippen molar-refractivity contribution in [2.45, 2.75) is 30.9 Å². The highest BCUT2D eigenvalue weighted by Crippen LogP contribution is 2.50. The third-order valence-electron chi connectivity index (χ3n) is 5.32. The van der Waals surface area contributed by atoms with Gasteiger partial charge in [-0.2, -0.15) is 0 Å². The van der Waals surface area contributed by atoms with Crippen LogP contribution < -0.4 is 0 Å². The number of hydrogen-bond acceptors (Lipinski definition) is 5. The van der Waals surface area contributed by atoms with Gasteiger partial charge >= 0.3 is 0 Å². The van der Waals surface area contributed by atoms with Crippen molar-refractivity contribution in [1.29, 1.82) is 0 Å². The molecule has 0 radical (unpaired) electrons. The first kappa shape index (κ1) is 19.2. The van der Waals surface area contributed by atoms with Gasteiger partial charge in [0.1, 0.15) is 17.1 Å². The zero-order chi connectivity index (χ0) is 20.7.